The number of fused-ring (bicyclic) bond motifs is 3. The summed E-state index contributed by atoms with van der Waals surface area (Å²) in [4.78, 5) is 26.3. The fraction of sp³-hybridized carbons (Fsp3) is 0.375. The van der Waals surface area contributed by atoms with E-state index in [-0.39, 0.29) is 34.5 Å². The van der Waals surface area contributed by atoms with Gasteiger partial charge in [0.05, 0.1) is 28.8 Å². The lowest BCUT2D eigenvalue weighted by Gasteiger charge is -2.26. The fourth-order valence-electron chi connectivity index (χ4n) is 5.20. The number of nitriles is 1. The van der Waals surface area contributed by atoms with Crippen LogP contribution in [-0.4, -0.2) is 44.0 Å². The van der Waals surface area contributed by atoms with Gasteiger partial charge in [0.25, 0.3) is 5.92 Å². The van der Waals surface area contributed by atoms with Crippen molar-refractivity contribution in [2.24, 2.45) is 0 Å². The summed E-state index contributed by atoms with van der Waals surface area (Å²) >= 11 is 5.87. The second-order valence-electron chi connectivity index (χ2n) is 9.05. The Morgan fingerprint density at radius 1 is 1.31 bits per heavy atom. The van der Waals surface area contributed by atoms with E-state index < -0.39 is 30.0 Å². The zero-order valence-electron chi connectivity index (χ0n) is 18.9. The van der Waals surface area contributed by atoms with Crippen LogP contribution < -0.4 is 10.2 Å². The quantitative estimate of drug-likeness (QED) is 0.466. The normalized spacial score (nSPS) is 21.2. The van der Waals surface area contributed by atoms with E-state index in [0.29, 0.717) is 29.4 Å². The maximum atomic E-state index is 14.5. The Labute approximate surface area is 204 Å². The molecule has 0 aliphatic carbocycles. The van der Waals surface area contributed by atoms with Gasteiger partial charge in [0.1, 0.15) is 11.2 Å². The maximum absolute atomic E-state index is 14.5. The Morgan fingerprint density at radius 3 is 2.71 bits per heavy atom. The number of nitrogens with zero attached hydrogens (tertiary/aromatic N) is 5. The Kier molecular flexibility index (Phi) is 5.48. The van der Waals surface area contributed by atoms with Gasteiger partial charge in [-0.2, -0.15) is 5.26 Å². The number of hydrogen-bond acceptors (Lipinski definition) is 7. The number of nitrogens with one attached hydrogen (secondary N) is 1. The third kappa shape index (κ3) is 3.90. The van der Waals surface area contributed by atoms with Crippen LogP contribution >= 0.6 is 11.6 Å². The first kappa shape index (κ1) is 23.2. The van der Waals surface area contributed by atoms with E-state index in [0.717, 1.165) is 5.56 Å². The summed E-state index contributed by atoms with van der Waals surface area (Å²) in [6.07, 6.45) is 0.691. The molecule has 3 atom stereocenters. The number of hydrogen-bond donors (Lipinski definition) is 2. The number of benzene rings is 1. The van der Waals surface area contributed by atoms with Crippen molar-refractivity contribution in [2.45, 2.75) is 57.2 Å². The van der Waals surface area contributed by atoms with E-state index in [4.69, 9.17) is 16.6 Å². The van der Waals surface area contributed by atoms with Crippen LogP contribution in [0.5, 0.6) is 0 Å². The van der Waals surface area contributed by atoms with Gasteiger partial charge in [0.2, 0.25) is 0 Å². The summed E-state index contributed by atoms with van der Waals surface area (Å²) in [5.41, 5.74) is 2.51. The molecular weight excluding hydrogens is 478 g/mol. The predicted octanol–water partition coefficient (Wildman–Crippen LogP) is 5.11. The van der Waals surface area contributed by atoms with E-state index >= 15 is 0 Å². The number of aromatic nitrogens is 3. The Balaban J connectivity index is 1.61. The Hall–Kier alpha value is -3.58. The predicted molar refractivity (Wildman–Crippen MR) is 126 cm³/mol. The largest absolute Gasteiger partial charge is 0.476 e. The molecule has 11 heteroatoms. The fourth-order valence-corrected chi connectivity index (χ4v) is 5.35. The molecule has 3 aromatic rings. The van der Waals surface area contributed by atoms with Crippen LogP contribution in [0.3, 0.4) is 0 Å². The van der Waals surface area contributed by atoms with Crippen molar-refractivity contribution in [3.63, 3.8) is 0 Å². The molecule has 0 saturated carbocycles. The first-order valence-corrected chi connectivity index (χ1v) is 11.5. The van der Waals surface area contributed by atoms with Gasteiger partial charge in [-0.3, -0.25) is 0 Å². The molecule has 5 rings (SSSR count). The molecule has 0 unspecified atom stereocenters. The highest BCUT2D eigenvalue weighted by Gasteiger charge is 2.58. The van der Waals surface area contributed by atoms with Crippen LogP contribution in [0, 0.1) is 18.3 Å². The number of carboxylic acid groups (broad SMARTS) is 1. The third-order valence-corrected chi connectivity index (χ3v) is 6.89. The minimum Gasteiger partial charge on any atom is -0.476 e. The molecule has 4 heterocycles. The van der Waals surface area contributed by atoms with Crippen LogP contribution in [-0.2, 0) is 0 Å². The molecule has 0 amide bonds. The lowest BCUT2D eigenvalue weighted by Crippen LogP contribution is -2.37. The summed E-state index contributed by atoms with van der Waals surface area (Å²) in [7, 11) is 0. The minimum atomic E-state index is -2.84. The molecule has 0 radical (unpaired) electrons. The molecular formula is C24H21ClF2N6O2. The maximum Gasteiger partial charge on any atom is 0.356 e. The number of alkyl halides is 2. The summed E-state index contributed by atoms with van der Waals surface area (Å²) in [5.74, 6) is -3.91. The van der Waals surface area contributed by atoms with Gasteiger partial charge in [-0.05, 0) is 50.5 Å². The van der Waals surface area contributed by atoms with Gasteiger partial charge in [-0.1, -0.05) is 17.7 Å². The topological polar surface area (TPSA) is 115 Å². The Bertz CT molecular complexity index is 1410. The Morgan fingerprint density at radius 2 is 2.09 bits per heavy atom. The van der Waals surface area contributed by atoms with Crippen molar-refractivity contribution in [2.75, 3.05) is 10.2 Å². The van der Waals surface area contributed by atoms with E-state index in [2.05, 4.69) is 15.3 Å². The number of aromatic carboxylic acids is 1. The summed E-state index contributed by atoms with van der Waals surface area (Å²) < 4.78 is 29.0. The van der Waals surface area contributed by atoms with Crippen LogP contribution in [0.1, 0.15) is 59.5 Å². The molecule has 2 saturated heterocycles. The molecule has 2 N–H and O–H groups in total. The molecule has 1 aromatic carbocycles. The highest BCUT2D eigenvalue weighted by Crippen LogP contribution is 2.49. The molecule has 180 valence electrons. The number of carbonyl (C=O) groups is 1. The van der Waals surface area contributed by atoms with Crippen LogP contribution in [0.15, 0.2) is 24.3 Å². The van der Waals surface area contributed by atoms with Gasteiger partial charge in [0, 0.05) is 18.0 Å². The summed E-state index contributed by atoms with van der Waals surface area (Å²) in [5, 5.41) is 22.5. The van der Waals surface area contributed by atoms with Gasteiger partial charge < -0.3 is 15.3 Å². The molecule has 2 aliphatic heterocycles. The molecule has 35 heavy (non-hydrogen) atoms. The average molecular weight is 499 g/mol. The molecule has 2 fully saturated rings. The second kappa shape index (κ2) is 8.27. The minimum absolute atomic E-state index is 0.0133. The number of rotatable bonds is 5. The number of halogens is 3. The van der Waals surface area contributed by atoms with Gasteiger partial charge in [-0.15, -0.1) is 0 Å². The molecule has 2 aromatic heterocycles. The van der Waals surface area contributed by atoms with E-state index in [1.165, 1.54) is 12.1 Å². The zero-order valence-corrected chi connectivity index (χ0v) is 19.6. The van der Waals surface area contributed by atoms with Crippen molar-refractivity contribution in [3.8, 4) is 6.07 Å². The van der Waals surface area contributed by atoms with Gasteiger partial charge >= 0.3 is 5.97 Å². The van der Waals surface area contributed by atoms with E-state index in [1.807, 2.05) is 26.0 Å². The van der Waals surface area contributed by atoms with Crippen LogP contribution in [0.25, 0.3) is 11.0 Å². The van der Waals surface area contributed by atoms with Gasteiger partial charge in [0.15, 0.2) is 17.2 Å². The number of carboxylic acids is 1. The van der Waals surface area contributed by atoms with Crippen molar-refractivity contribution in [3.05, 3.63) is 51.9 Å². The lowest BCUT2D eigenvalue weighted by molar-refractivity contribution is -0.0197. The average Bonchev–Trinajstić information content (AvgIpc) is 3.32. The van der Waals surface area contributed by atoms with Gasteiger partial charge in [-0.25, -0.2) is 28.5 Å². The van der Waals surface area contributed by atoms with Crippen molar-refractivity contribution >= 4 is 40.1 Å². The monoisotopic (exact) mass is 498 g/mol. The SMILES string of the molecule is Cc1cc([C@@H](C)Nc2ccc(Cl)nc2C(=O)O)c2nc(N3[C@@H]4CC[C@H]3C(F)(F)C4)c(C#N)nc2c1. The third-order valence-electron chi connectivity index (χ3n) is 6.68. The highest BCUT2D eigenvalue weighted by atomic mass is 35.5. The lowest BCUT2D eigenvalue weighted by atomic mass is 9.97. The summed E-state index contributed by atoms with van der Waals surface area (Å²) in [6, 6.07) is 6.85. The zero-order chi connectivity index (χ0) is 25.1. The van der Waals surface area contributed by atoms with Crippen molar-refractivity contribution in [1.82, 2.24) is 15.0 Å². The van der Waals surface area contributed by atoms with E-state index in [1.54, 1.807) is 11.0 Å². The molecule has 2 aliphatic rings. The molecule has 0 spiro atoms. The highest BCUT2D eigenvalue weighted by molar-refractivity contribution is 6.29. The molecule has 8 nitrogen and oxygen atoms in total. The van der Waals surface area contributed by atoms with Crippen LogP contribution in [0.2, 0.25) is 5.15 Å². The van der Waals surface area contributed by atoms with E-state index in [9.17, 15) is 23.9 Å². The number of pyridine rings is 1. The number of anilines is 2. The smallest absolute Gasteiger partial charge is 0.356 e. The first-order valence-electron chi connectivity index (χ1n) is 11.1. The van der Waals surface area contributed by atoms with Crippen molar-refractivity contribution < 1.29 is 18.7 Å². The summed E-state index contributed by atoms with van der Waals surface area (Å²) in [6.45, 7) is 3.69. The number of aryl methyl sites for hydroxylation is 1. The first-order chi connectivity index (χ1) is 16.6. The second-order valence-corrected chi connectivity index (χ2v) is 9.44. The standard InChI is InChI=1S/C24H21ClF2N6O2/c1-11-7-14(12(2)29-15-4-6-19(25)31-21(15)23(34)35)20-16(8-11)30-17(10-28)22(32-20)33-13-3-5-18(33)24(26,27)9-13/h4,6-8,12-13,18,29H,3,5,9H2,1-2H3,(H,34,35)/t12-,13-,18+/m1/s1. The molecule has 2 bridgehead atoms. The van der Waals surface area contributed by atoms with Crippen molar-refractivity contribution in [1.29, 1.82) is 5.26 Å². The van der Waals surface area contributed by atoms with Crippen LogP contribution in [0.4, 0.5) is 20.3 Å².